The largest absolute Gasteiger partial charge is 0.493 e. The van der Waals surface area contributed by atoms with Crippen molar-refractivity contribution in [2.75, 3.05) is 13.7 Å². The van der Waals surface area contributed by atoms with Gasteiger partial charge in [-0.25, -0.2) is 0 Å². The van der Waals surface area contributed by atoms with Crippen molar-refractivity contribution >= 4 is 21.6 Å². The number of rotatable bonds is 14. The Labute approximate surface area is 187 Å². The molecule has 0 saturated carbocycles. The molecule has 0 heterocycles. The predicted octanol–water partition coefficient (Wildman–Crippen LogP) is 6.40. The van der Waals surface area contributed by atoms with Crippen molar-refractivity contribution in [2.45, 2.75) is 58.6 Å². The Balaban J connectivity index is 1.96. The normalized spacial score (nSPS) is 10.8. The molecule has 2 aromatic carbocycles. The van der Waals surface area contributed by atoms with Crippen LogP contribution in [0.4, 0.5) is 5.69 Å². The first-order valence-electron chi connectivity index (χ1n) is 10.5. The molecule has 0 aliphatic rings. The zero-order chi connectivity index (χ0) is 21.8. The fourth-order valence-corrected chi connectivity index (χ4v) is 3.63. The Kier molecular flexibility index (Phi) is 10.7. The van der Waals surface area contributed by atoms with Gasteiger partial charge in [0.1, 0.15) is 6.61 Å². The summed E-state index contributed by atoms with van der Waals surface area (Å²) in [6.45, 7) is 4.16. The van der Waals surface area contributed by atoms with Crippen LogP contribution in [0, 0.1) is 10.1 Å². The number of nitrogens with one attached hydrogen (secondary N) is 1. The molecule has 6 nitrogen and oxygen atoms in total. The molecule has 0 atom stereocenters. The van der Waals surface area contributed by atoms with E-state index < -0.39 is 4.92 Å². The van der Waals surface area contributed by atoms with Gasteiger partial charge in [0, 0.05) is 28.7 Å². The maximum absolute atomic E-state index is 10.8. The molecule has 2 rings (SSSR count). The number of hydrogen-bond acceptors (Lipinski definition) is 5. The summed E-state index contributed by atoms with van der Waals surface area (Å²) in [4.78, 5) is 10.4. The van der Waals surface area contributed by atoms with Crippen LogP contribution in [-0.2, 0) is 13.2 Å². The highest BCUT2D eigenvalue weighted by Crippen LogP contribution is 2.36. The lowest BCUT2D eigenvalue weighted by Gasteiger charge is -2.17. The van der Waals surface area contributed by atoms with E-state index in [2.05, 4.69) is 28.2 Å². The van der Waals surface area contributed by atoms with Gasteiger partial charge >= 0.3 is 0 Å². The van der Waals surface area contributed by atoms with Crippen LogP contribution in [0.1, 0.15) is 56.6 Å². The van der Waals surface area contributed by atoms with Crippen molar-refractivity contribution in [3.8, 4) is 11.5 Å². The van der Waals surface area contributed by atoms with Gasteiger partial charge in [-0.2, -0.15) is 0 Å². The molecule has 0 fully saturated rings. The quantitative estimate of drug-likeness (QED) is 0.193. The van der Waals surface area contributed by atoms with E-state index in [0.29, 0.717) is 24.7 Å². The highest BCUT2D eigenvalue weighted by molar-refractivity contribution is 9.10. The summed E-state index contributed by atoms with van der Waals surface area (Å²) >= 11 is 3.62. The molecule has 0 aliphatic heterocycles. The Morgan fingerprint density at radius 3 is 2.40 bits per heavy atom. The van der Waals surface area contributed by atoms with E-state index in [1.54, 1.807) is 19.2 Å². The summed E-state index contributed by atoms with van der Waals surface area (Å²) in [6, 6.07) is 10.2. The van der Waals surface area contributed by atoms with E-state index in [-0.39, 0.29) is 5.69 Å². The van der Waals surface area contributed by atoms with Crippen molar-refractivity contribution in [3.05, 3.63) is 62.1 Å². The molecule has 0 aliphatic carbocycles. The van der Waals surface area contributed by atoms with Crippen molar-refractivity contribution in [3.63, 3.8) is 0 Å². The smallest absolute Gasteiger partial charge is 0.269 e. The third kappa shape index (κ3) is 7.61. The molecule has 7 heteroatoms. The van der Waals surface area contributed by atoms with E-state index >= 15 is 0 Å². The third-order valence-corrected chi connectivity index (χ3v) is 5.67. The number of ether oxygens (including phenoxy) is 2. The molecule has 164 valence electrons. The summed E-state index contributed by atoms with van der Waals surface area (Å²) < 4.78 is 12.5. The Morgan fingerprint density at radius 1 is 1.03 bits per heavy atom. The first kappa shape index (κ1) is 24.2. The highest BCUT2D eigenvalue weighted by Gasteiger charge is 2.15. The Bertz CT molecular complexity index is 797. The predicted molar refractivity (Wildman–Crippen MR) is 123 cm³/mol. The fourth-order valence-electron chi connectivity index (χ4n) is 3.18. The van der Waals surface area contributed by atoms with Gasteiger partial charge in [0.15, 0.2) is 11.5 Å². The number of nitrogens with zero attached hydrogens (tertiary/aromatic N) is 1. The second-order valence-corrected chi connectivity index (χ2v) is 8.07. The molecular weight excluding hydrogens is 448 g/mol. The van der Waals surface area contributed by atoms with Gasteiger partial charge in [-0.05, 0) is 42.8 Å². The van der Waals surface area contributed by atoms with Crippen LogP contribution in [0.15, 0.2) is 40.9 Å². The second kappa shape index (κ2) is 13.2. The zero-order valence-electron chi connectivity index (χ0n) is 17.8. The topological polar surface area (TPSA) is 73.6 Å². The Hall–Kier alpha value is -2.12. The average molecular weight is 479 g/mol. The van der Waals surface area contributed by atoms with Crippen LogP contribution >= 0.6 is 15.9 Å². The van der Waals surface area contributed by atoms with Gasteiger partial charge in [0.05, 0.1) is 12.0 Å². The molecule has 0 amide bonds. The van der Waals surface area contributed by atoms with Crippen molar-refractivity contribution in [1.82, 2.24) is 5.32 Å². The lowest BCUT2D eigenvalue weighted by molar-refractivity contribution is -0.384. The number of non-ortho nitro benzene ring substituents is 1. The van der Waals surface area contributed by atoms with Crippen molar-refractivity contribution < 1.29 is 14.4 Å². The minimum absolute atomic E-state index is 0.0679. The van der Waals surface area contributed by atoms with Crippen molar-refractivity contribution in [1.29, 1.82) is 0 Å². The molecule has 30 heavy (non-hydrogen) atoms. The highest BCUT2D eigenvalue weighted by atomic mass is 79.9. The van der Waals surface area contributed by atoms with E-state index in [0.717, 1.165) is 28.6 Å². The number of nitro benzene ring substituents is 1. The lowest BCUT2D eigenvalue weighted by Crippen LogP contribution is -2.16. The molecule has 0 aromatic heterocycles. The van der Waals surface area contributed by atoms with Gasteiger partial charge in [0.2, 0.25) is 0 Å². The first-order valence-corrected chi connectivity index (χ1v) is 11.3. The van der Waals surface area contributed by atoms with E-state index in [4.69, 9.17) is 9.47 Å². The third-order valence-electron chi connectivity index (χ3n) is 4.93. The Morgan fingerprint density at radius 2 is 1.73 bits per heavy atom. The summed E-state index contributed by atoms with van der Waals surface area (Å²) in [5.74, 6) is 1.34. The lowest BCUT2D eigenvalue weighted by atomic mass is 10.1. The maximum atomic E-state index is 10.8. The maximum Gasteiger partial charge on any atom is 0.269 e. The zero-order valence-corrected chi connectivity index (χ0v) is 19.4. The minimum atomic E-state index is -0.407. The van der Waals surface area contributed by atoms with Crippen LogP contribution in [0.25, 0.3) is 0 Å². The van der Waals surface area contributed by atoms with E-state index in [1.807, 2.05) is 12.1 Å². The molecule has 0 unspecified atom stereocenters. The number of methoxy groups -OCH3 is 1. The molecule has 0 saturated heterocycles. The first-order chi connectivity index (χ1) is 14.6. The minimum Gasteiger partial charge on any atom is -0.493 e. The average Bonchev–Trinajstić information content (AvgIpc) is 2.75. The molecular formula is C23H31BrN2O4. The van der Waals surface area contributed by atoms with E-state index in [9.17, 15) is 10.1 Å². The second-order valence-electron chi connectivity index (χ2n) is 7.21. The van der Waals surface area contributed by atoms with Crippen LogP contribution in [-0.4, -0.2) is 18.6 Å². The standard InChI is InChI=1S/C23H31BrN2O4/c1-3-4-5-6-7-8-15-25-16-20-21(24)13-14-22(29-2)23(20)30-17-18-9-11-19(12-10-18)26(27)28/h9-14,25H,3-8,15-17H2,1-2H3. The number of unbranched alkanes of at least 4 members (excludes halogenated alkanes) is 5. The summed E-state index contributed by atoms with van der Waals surface area (Å²) in [5.41, 5.74) is 1.93. The SMILES string of the molecule is CCCCCCCCNCc1c(Br)ccc(OC)c1OCc1ccc([N+](=O)[O-])cc1. The number of benzene rings is 2. The van der Waals surface area contributed by atoms with Crippen LogP contribution < -0.4 is 14.8 Å². The summed E-state index contributed by atoms with van der Waals surface area (Å²) in [5, 5.41) is 14.3. The molecule has 2 aromatic rings. The van der Waals surface area contributed by atoms with Crippen LogP contribution in [0.2, 0.25) is 0 Å². The van der Waals surface area contributed by atoms with Crippen LogP contribution in [0.3, 0.4) is 0 Å². The molecule has 0 bridgehead atoms. The van der Waals surface area contributed by atoms with E-state index in [1.165, 1.54) is 44.2 Å². The van der Waals surface area contributed by atoms with Gasteiger partial charge in [-0.3, -0.25) is 10.1 Å². The van der Waals surface area contributed by atoms with Crippen LogP contribution in [0.5, 0.6) is 11.5 Å². The van der Waals surface area contributed by atoms with Gasteiger partial charge in [-0.1, -0.05) is 55.0 Å². The summed E-state index contributed by atoms with van der Waals surface area (Å²) in [6.07, 6.45) is 7.60. The van der Waals surface area contributed by atoms with Gasteiger partial charge in [0.25, 0.3) is 5.69 Å². The van der Waals surface area contributed by atoms with Gasteiger partial charge in [-0.15, -0.1) is 0 Å². The molecule has 0 radical (unpaired) electrons. The van der Waals surface area contributed by atoms with Crippen molar-refractivity contribution in [2.24, 2.45) is 0 Å². The number of halogens is 1. The fraction of sp³-hybridized carbons (Fsp3) is 0.478. The molecule has 1 N–H and O–H groups in total. The summed E-state index contributed by atoms with van der Waals surface area (Å²) in [7, 11) is 1.62. The number of nitro groups is 1. The molecule has 0 spiro atoms. The monoisotopic (exact) mass is 478 g/mol. The van der Waals surface area contributed by atoms with Gasteiger partial charge < -0.3 is 14.8 Å². The number of hydrogen-bond donors (Lipinski definition) is 1.